The zero-order valence-corrected chi connectivity index (χ0v) is 18.1. The Labute approximate surface area is 167 Å². The van der Waals surface area contributed by atoms with E-state index in [2.05, 4.69) is 5.32 Å². The van der Waals surface area contributed by atoms with Crippen LogP contribution < -0.4 is 11.1 Å². The van der Waals surface area contributed by atoms with Gasteiger partial charge in [0, 0.05) is 30.1 Å². The van der Waals surface area contributed by atoms with E-state index in [0.717, 1.165) is 17.7 Å². The molecule has 9 heteroatoms. The minimum absolute atomic E-state index is 0. The molecule has 0 saturated carbocycles. The van der Waals surface area contributed by atoms with Crippen molar-refractivity contribution in [3.8, 4) is 0 Å². The smallest absolute Gasteiger partial charge is 0.252 e. The van der Waals surface area contributed by atoms with E-state index in [1.54, 1.807) is 6.07 Å². The number of nitrogens with zero attached hydrogens (tertiary/aromatic N) is 1. The molecular weight excluding hydrogens is 394 g/mol. The Balaban J connectivity index is 0.00000338. The summed E-state index contributed by atoms with van der Waals surface area (Å²) in [6.07, 6.45) is 2.97. The fourth-order valence-electron chi connectivity index (χ4n) is 2.96. The Morgan fingerprint density at radius 2 is 2.04 bits per heavy atom. The van der Waals surface area contributed by atoms with Crippen LogP contribution in [-0.4, -0.2) is 43.8 Å². The summed E-state index contributed by atoms with van der Waals surface area (Å²) in [6, 6.07) is 3.45. The van der Waals surface area contributed by atoms with E-state index in [-0.39, 0.29) is 30.8 Å². The van der Waals surface area contributed by atoms with Gasteiger partial charge in [0.2, 0.25) is 5.91 Å². The van der Waals surface area contributed by atoms with E-state index >= 15 is 0 Å². The number of carbonyl (C=O) groups excluding carboxylic acids is 1. The van der Waals surface area contributed by atoms with Crippen LogP contribution in [0.25, 0.3) is 0 Å². The molecule has 1 atom stereocenters. The first kappa shape index (κ1) is 23.4. The second kappa shape index (κ2) is 9.50. The first-order valence-electron chi connectivity index (χ1n) is 8.85. The van der Waals surface area contributed by atoms with Gasteiger partial charge in [-0.05, 0) is 44.7 Å². The lowest BCUT2D eigenvalue weighted by Crippen LogP contribution is -2.52. The maximum Gasteiger partial charge on any atom is 0.252 e. The zero-order valence-electron chi connectivity index (χ0n) is 15.7. The number of amides is 1. The van der Waals surface area contributed by atoms with Gasteiger partial charge in [0.1, 0.15) is 4.21 Å². The van der Waals surface area contributed by atoms with E-state index in [4.69, 9.17) is 5.73 Å². The van der Waals surface area contributed by atoms with Gasteiger partial charge >= 0.3 is 0 Å². The number of aryl methyl sites for hydroxylation is 1. The normalized spacial score (nSPS) is 19.0. The van der Waals surface area contributed by atoms with Crippen LogP contribution in [0.2, 0.25) is 0 Å². The molecule has 26 heavy (non-hydrogen) atoms. The number of hydrogen-bond donors (Lipinski definition) is 2. The summed E-state index contributed by atoms with van der Waals surface area (Å²) in [4.78, 5) is 13.5. The van der Waals surface area contributed by atoms with Gasteiger partial charge in [-0.2, -0.15) is 4.31 Å². The molecule has 0 aromatic carbocycles. The summed E-state index contributed by atoms with van der Waals surface area (Å²) < 4.78 is 27.3. The average molecular weight is 424 g/mol. The van der Waals surface area contributed by atoms with Gasteiger partial charge in [0.05, 0.1) is 5.92 Å². The van der Waals surface area contributed by atoms with E-state index in [9.17, 15) is 13.2 Å². The largest absolute Gasteiger partial charge is 0.354 e. The molecule has 1 amide bonds. The van der Waals surface area contributed by atoms with Crippen molar-refractivity contribution in [3.05, 3.63) is 17.0 Å². The second-order valence-corrected chi connectivity index (χ2v) is 10.3. The lowest BCUT2D eigenvalue weighted by Gasteiger charge is -2.32. The zero-order chi connectivity index (χ0) is 18.7. The van der Waals surface area contributed by atoms with Crippen LogP contribution in [0.1, 0.15) is 44.4 Å². The average Bonchev–Trinajstić information content (AvgIpc) is 3.06. The molecule has 150 valence electrons. The molecule has 0 radical (unpaired) electrons. The summed E-state index contributed by atoms with van der Waals surface area (Å²) in [6.45, 7) is 7.03. The fraction of sp³-hybridized carbons (Fsp3) is 0.706. The molecule has 2 heterocycles. The first-order chi connectivity index (χ1) is 11.7. The molecule has 1 aliphatic rings. The van der Waals surface area contributed by atoms with Crippen LogP contribution in [0.15, 0.2) is 16.3 Å². The number of nitrogens with two attached hydrogens (primary N) is 1. The topological polar surface area (TPSA) is 92.5 Å². The number of rotatable bonds is 7. The molecule has 1 saturated heterocycles. The summed E-state index contributed by atoms with van der Waals surface area (Å²) in [5.74, 6) is -0.415. The monoisotopic (exact) mass is 423 g/mol. The van der Waals surface area contributed by atoms with Gasteiger partial charge < -0.3 is 11.1 Å². The van der Waals surface area contributed by atoms with Crippen molar-refractivity contribution in [1.82, 2.24) is 9.62 Å². The Hall–Kier alpha value is -0.670. The fourth-order valence-corrected chi connectivity index (χ4v) is 5.92. The first-order valence-corrected chi connectivity index (χ1v) is 11.1. The Morgan fingerprint density at radius 3 is 2.58 bits per heavy atom. The van der Waals surface area contributed by atoms with Gasteiger partial charge in [-0.3, -0.25) is 4.79 Å². The van der Waals surface area contributed by atoms with Gasteiger partial charge in [-0.25, -0.2) is 8.42 Å². The highest BCUT2D eigenvalue weighted by molar-refractivity contribution is 7.91. The van der Waals surface area contributed by atoms with Gasteiger partial charge in [-0.1, -0.05) is 13.8 Å². The molecule has 1 aliphatic heterocycles. The Bertz CT molecular complexity index is 702. The number of nitrogens with one attached hydrogen (secondary N) is 1. The second-order valence-electron chi connectivity index (χ2n) is 6.85. The van der Waals surface area contributed by atoms with Crippen LogP contribution in [-0.2, 0) is 14.8 Å². The van der Waals surface area contributed by atoms with Crippen molar-refractivity contribution in [2.45, 2.75) is 56.2 Å². The van der Waals surface area contributed by atoms with E-state index in [0.29, 0.717) is 30.1 Å². The minimum atomic E-state index is -3.51. The highest BCUT2D eigenvalue weighted by Gasteiger charge is 2.34. The van der Waals surface area contributed by atoms with E-state index < -0.39 is 15.6 Å². The van der Waals surface area contributed by atoms with Gasteiger partial charge in [0.15, 0.2) is 0 Å². The molecule has 1 unspecified atom stereocenters. The van der Waals surface area contributed by atoms with Gasteiger partial charge in [-0.15, -0.1) is 23.7 Å². The van der Waals surface area contributed by atoms with Crippen LogP contribution in [0, 0.1) is 12.8 Å². The molecule has 0 spiro atoms. The van der Waals surface area contributed by atoms with E-state index in [1.807, 2.05) is 26.8 Å². The third kappa shape index (κ3) is 5.42. The molecule has 1 fully saturated rings. The maximum atomic E-state index is 12.8. The molecule has 1 aromatic rings. The number of piperidine rings is 1. The Kier molecular flexibility index (Phi) is 8.54. The molecular formula is C17H30ClN3O3S2. The van der Waals surface area contributed by atoms with Crippen LogP contribution >= 0.6 is 23.7 Å². The highest BCUT2D eigenvalue weighted by atomic mass is 35.5. The highest BCUT2D eigenvalue weighted by Crippen LogP contribution is 2.28. The standard InChI is InChI=1S/C17H29N3O3S2.ClH/c1-4-17(18,5-2)12-19-16(21)14-7-6-10-20(11-14)25(22,23)15-9-8-13(3)24-15;/h8-9,14H,4-7,10-12,18H2,1-3H3,(H,19,21);1H. The third-order valence-corrected chi connectivity index (χ3v) is 8.42. The molecule has 0 bridgehead atoms. The number of halogens is 1. The molecule has 1 aromatic heterocycles. The number of hydrogen-bond acceptors (Lipinski definition) is 5. The van der Waals surface area contributed by atoms with Gasteiger partial charge in [0.25, 0.3) is 10.0 Å². The number of carbonyl (C=O) groups is 1. The van der Waals surface area contributed by atoms with E-state index in [1.165, 1.54) is 15.6 Å². The lowest BCUT2D eigenvalue weighted by atomic mass is 9.93. The van der Waals surface area contributed by atoms with Crippen LogP contribution in [0.4, 0.5) is 0 Å². The Morgan fingerprint density at radius 1 is 1.38 bits per heavy atom. The molecule has 6 nitrogen and oxygen atoms in total. The van der Waals surface area contributed by atoms with Crippen LogP contribution in [0.5, 0.6) is 0 Å². The third-order valence-electron chi connectivity index (χ3n) is 5.09. The van der Waals surface area contributed by atoms with Crippen molar-refractivity contribution in [2.24, 2.45) is 11.7 Å². The summed E-state index contributed by atoms with van der Waals surface area (Å²) in [7, 11) is -3.51. The molecule has 2 rings (SSSR count). The number of sulfonamides is 1. The predicted octanol–water partition coefficient (Wildman–Crippen LogP) is 2.51. The minimum Gasteiger partial charge on any atom is -0.354 e. The molecule has 3 N–H and O–H groups in total. The summed E-state index contributed by atoms with van der Waals surface area (Å²) >= 11 is 1.27. The molecule has 0 aliphatic carbocycles. The van der Waals surface area contributed by atoms with Crippen molar-refractivity contribution >= 4 is 39.7 Å². The predicted molar refractivity (Wildman–Crippen MR) is 108 cm³/mol. The van der Waals surface area contributed by atoms with Crippen molar-refractivity contribution in [2.75, 3.05) is 19.6 Å². The maximum absolute atomic E-state index is 12.8. The van der Waals surface area contributed by atoms with Crippen molar-refractivity contribution < 1.29 is 13.2 Å². The SMILES string of the molecule is CCC(N)(CC)CNC(=O)C1CCCN(S(=O)(=O)c2ccc(C)s2)C1.Cl. The van der Waals surface area contributed by atoms with Crippen molar-refractivity contribution in [1.29, 1.82) is 0 Å². The number of thiophene rings is 1. The van der Waals surface area contributed by atoms with Crippen molar-refractivity contribution in [3.63, 3.8) is 0 Å². The quantitative estimate of drug-likeness (QED) is 0.704. The summed E-state index contributed by atoms with van der Waals surface area (Å²) in [5, 5.41) is 2.93. The summed E-state index contributed by atoms with van der Waals surface area (Å²) in [5.41, 5.74) is 5.83. The van der Waals surface area contributed by atoms with Crippen LogP contribution in [0.3, 0.4) is 0 Å². The lowest BCUT2D eigenvalue weighted by molar-refractivity contribution is -0.126.